The zero-order chi connectivity index (χ0) is 13.9. The van der Waals surface area contributed by atoms with Gasteiger partial charge in [0, 0.05) is 5.56 Å². The predicted molar refractivity (Wildman–Crippen MR) is 76.1 cm³/mol. The second kappa shape index (κ2) is 5.58. The van der Waals surface area contributed by atoms with E-state index in [9.17, 15) is 4.79 Å². The van der Waals surface area contributed by atoms with Crippen molar-refractivity contribution in [1.82, 2.24) is 14.9 Å². The molecule has 104 valence electrons. The number of ether oxygens (including phenoxy) is 1. The third kappa shape index (κ3) is 2.65. The normalized spacial score (nSPS) is 13.4. The van der Waals surface area contributed by atoms with Crippen LogP contribution in [0.3, 0.4) is 0 Å². The average Bonchev–Trinajstić information content (AvgIpc) is 2.89. The molecule has 1 aromatic heterocycles. The van der Waals surface area contributed by atoms with Crippen LogP contribution >= 0.6 is 11.5 Å². The summed E-state index contributed by atoms with van der Waals surface area (Å²) in [5.41, 5.74) is 2.65. The quantitative estimate of drug-likeness (QED) is 0.940. The van der Waals surface area contributed by atoms with Gasteiger partial charge in [0.05, 0.1) is 23.7 Å². The van der Waals surface area contributed by atoms with Gasteiger partial charge in [-0.05, 0) is 55.1 Å². The SMILES string of the molecule is Cc1nnsc1CNC(=O)c1ccc2c(c1)CCCO2. The van der Waals surface area contributed by atoms with Gasteiger partial charge in [0.15, 0.2) is 0 Å². The molecule has 0 aliphatic carbocycles. The van der Waals surface area contributed by atoms with Crippen LogP contribution in [0, 0.1) is 6.92 Å². The van der Waals surface area contributed by atoms with Crippen LogP contribution in [0.2, 0.25) is 0 Å². The smallest absolute Gasteiger partial charge is 0.251 e. The zero-order valence-corrected chi connectivity index (χ0v) is 12.0. The average molecular weight is 289 g/mol. The molecule has 0 fully saturated rings. The fourth-order valence-electron chi connectivity index (χ4n) is 2.18. The maximum Gasteiger partial charge on any atom is 0.251 e. The van der Waals surface area contributed by atoms with Gasteiger partial charge < -0.3 is 10.1 Å². The Morgan fingerprint density at radius 3 is 3.20 bits per heavy atom. The highest BCUT2D eigenvalue weighted by atomic mass is 32.1. The Hall–Kier alpha value is -1.95. The van der Waals surface area contributed by atoms with E-state index in [1.165, 1.54) is 11.5 Å². The van der Waals surface area contributed by atoms with Crippen molar-refractivity contribution in [3.8, 4) is 5.75 Å². The van der Waals surface area contributed by atoms with Crippen LogP contribution in [0.15, 0.2) is 18.2 Å². The van der Waals surface area contributed by atoms with Crippen LogP contribution in [-0.2, 0) is 13.0 Å². The van der Waals surface area contributed by atoms with Gasteiger partial charge in [-0.25, -0.2) is 0 Å². The van der Waals surface area contributed by atoms with E-state index >= 15 is 0 Å². The third-order valence-corrected chi connectivity index (χ3v) is 4.15. The fourth-order valence-corrected chi connectivity index (χ4v) is 2.75. The van der Waals surface area contributed by atoms with Crippen molar-refractivity contribution in [1.29, 1.82) is 0 Å². The highest BCUT2D eigenvalue weighted by molar-refractivity contribution is 7.05. The van der Waals surface area contributed by atoms with Gasteiger partial charge in [-0.2, -0.15) is 0 Å². The van der Waals surface area contributed by atoms with Gasteiger partial charge in [-0.15, -0.1) is 5.10 Å². The molecule has 1 aromatic carbocycles. The highest BCUT2D eigenvalue weighted by Crippen LogP contribution is 2.25. The first-order chi connectivity index (χ1) is 9.74. The molecule has 0 atom stereocenters. The number of aromatic nitrogens is 2. The maximum absolute atomic E-state index is 12.1. The molecule has 1 aliphatic heterocycles. The lowest BCUT2D eigenvalue weighted by Gasteiger charge is -2.17. The summed E-state index contributed by atoms with van der Waals surface area (Å²) >= 11 is 1.31. The van der Waals surface area contributed by atoms with Crippen LogP contribution in [0.4, 0.5) is 0 Å². The third-order valence-electron chi connectivity index (χ3n) is 3.33. The molecule has 0 saturated heterocycles. The Balaban J connectivity index is 1.69. The van der Waals surface area contributed by atoms with Crippen molar-refractivity contribution in [3.63, 3.8) is 0 Å². The summed E-state index contributed by atoms with van der Waals surface area (Å²) in [4.78, 5) is 13.1. The molecule has 3 rings (SSSR count). The van der Waals surface area contributed by atoms with Crippen LogP contribution < -0.4 is 10.1 Å². The molecule has 1 N–H and O–H groups in total. The summed E-state index contributed by atoms with van der Waals surface area (Å²) in [5, 5.41) is 6.83. The largest absolute Gasteiger partial charge is 0.493 e. The Morgan fingerprint density at radius 2 is 2.40 bits per heavy atom. The number of hydrogen-bond donors (Lipinski definition) is 1. The number of aryl methyl sites for hydroxylation is 2. The number of fused-ring (bicyclic) bond motifs is 1. The Bertz CT molecular complexity index is 639. The Labute approximate surface area is 121 Å². The van der Waals surface area contributed by atoms with E-state index in [1.54, 1.807) is 6.07 Å². The summed E-state index contributed by atoms with van der Waals surface area (Å²) in [6.07, 6.45) is 1.97. The Kier molecular flexibility index (Phi) is 3.64. The molecule has 0 saturated carbocycles. The molecule has 0 unspecified atom stereocenters. The second-order valence-corrected chi connectivity index (χ2v) is 5.58. The molecule has 0 bridgehead atoms. The molecule has 1 aliphatic rings. The molecule has 0 spiro atoms. The monoisotopic (exact) mass is 289 g/mol. The molecule has 6 heteroatoms. The first-order valence-electron chi connectivity index (χ1n) is 6.56. The number of nitrogens with one attached hydrogen (secondary N) is 1. The van der Waals surface area contributed by atoms with Crippen molar-refractivity contribution in [2.75, 3.05) is 6.61 Å². The summed E-state index contributed by atoms with van der Waals surface area (Å²) in [6.45, 7) is 3.12. The Morgan fingerprint density at radius 1 is 1.50 bits per heavy atom. The van der Waals surface area contributed by atoms with Crippen LogP contribution in [0.25, 0.3) is 0 Å². The van der Waals surface area contributed by atoms with Crippen molar-refractivity contribution in [3.05, 3.63) is 39.9 Å². The second-order valence-electron chi connectivity index (χ2n) is 4.74. The molecule has 5 nitrogen and oxygen atoms in total. The lowest BCUT2D eigenvalue weighted by Crippen LogP contribution is -2.23. The topological polar surface area (TPSA) is 64.1 Å². The molecule has 0 radical (unpaired) electrons. The van der Waals surface area contributed by atoms with Crippen molar-refractivity contribution < 1.29 is 9.53 Å². The molecule has 2 heterocycles. The fraction of sp³-hybridized carbons (Fsp3) is 0.357. The minimum Gasteiger partial charge on any atom is -0.493 e. The van der Waals surface area contributed by atoms with Crippen LogP contribution in [-0.4, -0.2) is 22.1 Å². The number of carbonyl (C=O) groups excluding carboxylic acids is 1. The van der Waals surface area contributed by atoms with E-state index in [1.807, 2.05) is 19.1 Å². The predicted octanol–water partition coefficient (Wildman–Crippen LogP) is 2.10. The first kappa shape index (κ1) is 13.1. The number of amides is 1. The molecular weight excluding hydrogens is 274 g/mol. The minimum atomic E-state index is -0.0776. The first-order valence-corrected chi connectivity index (χ1v) is 7.33. The van der Waals surface area contributed by atoms with E-state index in [2.05, 4.69) is 14.9 Å². The number of carbonyl (C=O) groups is 1. The minimum absolute atomic E-state index is 0.0776. The summed E-state index contributed by atoms with van der Waals surface area (Å²) in [7, 11) is 0. The van der Waals surface area contributed by atoms with Gasteiger partial charge >= 0.3 is 0 Å². The van der Waals surface area contributed by atoms with Gasteiger partial charge in [-0.3, -0.25) is 4.79 Å². The number of benzene rings is 1. The summed E-state index contributed by atoms with van der Waals surface area (Å²) < 4.78 is 9.40. The van der Waals surface area contributed by atoms with Gasteiger partial charge in [0.1, 0.15) is 5.75 Å². The van der Waals surface area contributed by atoms with Crippen molar-refractivity contribution in [2.45, 2.75) is 26.3 Å². The maximum atomic E-state index is 12.1. The van der Waals surface area contributed by atoms with Crippen molar-refractivity contribution in [2.24, 2.45) is 0 Å². The number of hydrogen-bond acceptors (Lipinski definition) is 5. The van der Waals surface area contributed by atoms with E-state index in [4.69, 9.17) is 4.74 Å². The molecule has 20 heavy (non-hydrogen) atoms. The molecular formula is C14H15N3O2S. The van der Waals surface area contributed by atoms with E-state index in [0.29, 0.717) is 12.1 Å². The highest BCUT2D eigenvalue weighted by Gasteiger charge is 2.14. The number of nitrogens with zero attached hydrogens (tertiary/aromatic N) is 2. The summed E-state index contributed by atoms with van der Waals surface area (Å²) in [6, 6.07) is 5.60. The van der Waals surface area contributed by atoms with Gasteiger partial charge in [0.25, 0.3) is 5.91 Å². The van der Waals surface area contributed by atoms with Crippen LogP contribution in [0.5, 0.6) is 5.75 Å². The van der Waals surface area contributed by atoms with Gasteiger partial charge in [0.2, 0.25) is 0 Å². The lowest BCUT2D eigenvalue weighted by atomic mass is 10.0. The zero-order valence-electron chi connectivity index (χ0n) is 11.2. The molecule has 2 aromatic rings. The summed E-state index contributed by atoms with van der Waals surface area (Å²) in [5.74, 6) is 0.821. The number of rotatable bonds is 3. The van der Waals surface area contributed by atoms with Crippen molar-refractivity contribution >= 4 is 17.4 Å². The van der Waals surface area contributed by atoms with E-state index in [-0.39, 0.29) is 5.91 Å². The van der Waals surface area contributed by atoms with E-state index in [0.717, 1.165) is 41.3 Å². The van der Waals surface area contributed by atoms with E-state index < -0.39 is 0 Å². The van der Waals surface area contributed by atoms with Gasteiger partial charge in [-0.1, -0.05) is 4.49 Å². The lowest BCUT2D eigenvalue weighted by molar-refractivity contribution is 0.0951. The standard InChI is InChI=1S/C14H15N3O2S/c1-9-13(20-17-16-9)8-15-14(18)11-4-5-12-10(7-11)3-2-6-19-12/h4-5,7H,2-3,6,8H2,1H3,(H,15,18). The molecule has 1 amide bonds. The van der Waals surface area contributed by atoms with Crippen LogP contribution in [0.1, 0.15) is 32.9 Å².